The Balaban J connectivity index is 1.18. The van der Waals surface area contributed by atoms with Crippen molar-refractivity contribution in [2.45, 2.75) is 12.3 Å². The molecule has 0 saturated heterocycles. The fourth-order valence-electron chi connectivity index (χ4n) is 4.46. The van der Waals surface area contributed by atoms with Crippen LogP contribution < -0.4 is 10.6 Å². The highest BCUT2D eigenvalue weighted by molar-refractivity contribution is 5.93. The van der Waals surface area contributed by atoms with Gasteiger partial charge in [0, 0.05) is 12.5 Å². The molecule has 3 aromatic rings. The minimum absolute atomic E-state index is 0.0522. The van der Waals surface area contributed by atoms with Crippen LogP contribution in [0.15, 0.2) is 66.7 Å². The van der Waals surface area contributed by atoms with Gasteiger partial charge in [0.05, 0.1) is 5.92 Å². The molecule has 2 amide bonds. The molecule has 0 spiro atoms. The van der Waals surface area contributed by atoms with Crippen LogP contribution in [-0.4, -0.2) is 41.2 Å². The van der Waals surface area contributed by atoms with Gasteiger partial charge in [0.15, 0.2) is 0 Å². The number of aromatic nitrogens is 1. The molecule has 8 heteroatoms. The van der Waals surface area contributed by atoms with Crippen molar-refractivity contribution in [3.63, 3.8) is 0 Å². The molecule has 1 aromatic heterocycles. The normalized spacial score (nSPS) is 17.9. The van der Waals surface area contributed by atoms with E-state index in [4.69, 9.17) is 9.84 Å². The van der Waals surface area contributed by atoms with Crippen LogP contribution in [-0.2, 0) is 9.53 Å². The van der Waals surface area contributed by atoms with Gasteiger partial charge >= 0.3 is 12.1 Å². The lowest BCUT2D eigenvalue weighted by Gasteiger charge is -2.14. The molecule has 2 aliphatic rings. The molecule has 0 radical (unpaired) electrons. The third-order valence-electron chi connectivity index (χ3n) is 6.32. The molecule has 5 rings (SSSR count). The van der Waals surface area contributed by atoms with E-state index in [9.17, 15) is 14.4 Å². The Labute approximate surface area is 196 Å². The van der Waals surface area contributed by atoms with Crippen molar-refractivity contribution in [3.8, 4) is 11.1 Å². The summed E-state index contributed by atoms with van der Waals surface area (Å²) in [6.45, 7) is 0.452. The van der Waals surface area contributed by atoms with Gasteiger partial charge in [-0.2, -0.15) is 0 Å². The summed E-state index contributed by atoms with van der Waals surface area (Å²) in [4.78, 5) is 39.9. The zero-order valence-corrected chi connectivity index (χ0v) is 18.2. The van der Waals surface area contributed by atoms with E-state index in [0.717, 1.165) is 22.3 Å². The minimum atomic E-state index is -0.841. The lowest BCUT2D eigenvalue weighted by Crippen LogP contribution is -2.27. The molecule has 3 N–H and O–H groups in total. The molecule has 2 aliphatic carbocycles. The van der Waals surface area contributed by atoms with Crippen LogP contribution in [0.5, 0.6) is 0 Å². The molecule has 0 aliphatic heterocycles. The van der Waals surface area contributed by atoms with Crippen molar-refractivity contribution >= 4 is 23.8 Å². The van der Waals surface area contributed by atoms with Crippen molar-refractivity contribution in [3.05, 3.63) is 83.6 Å². The highest BCUT2D eigenvalue weighted by atomic mass is 16.5. The topological polar surface area (TPSA) is 118 Å². The first-order valence-corrected chi connectivity index (χ1v) is 11.1. The number of fused-ring (bicyclic) bond motifs is 3. The first-order chi connectivity index (χ1) is 16.5. The number of carbonyl (C=O) groups is 3. The quantitative estimate of drug-likeness (QED) is 0.495. The third kappa shape index (κ3) is 4.34. The summed E-state index contributed by atoms with van der Waals surface area (Å²) in [5.41, 5.74) is 4.66. The number of aliphatic carboxylic acids is 1. The number of hydrogen-bond acceptors (Lipinski definition) is 5. The average Bonchev–Trinajstić information content (AvgIpc) is 3.57. The van der Waals surface area contributed by atoms with E-state index in [1.54, 1.807) is 12.1 Å². The van der Waals surface area contributed by atoms with Crippen LogP contribution >= 0.6 is 0 Å². The number of carboxylic acids is 1. The number of nitrogens with zero attached hydrogens (tertiary/aromatic N) is 1. The number of carboxylic acid groups (broad SMARTS) is 1. The van der Waals surface area contributed by atoms with Gasteiger partial charge in [0.2, 0.25) is 0 Å². The average molecular weight is 457 g/mol. The fraction of sp³-hybridized carbons (Fsp3) is 0.231. The zero-order chi connectivity index (χ0) is 23.7. The van der Waals surface area contributed by atoms with E-state index in [-0.39, 0.29) is 36.5 Å². The summed E-state index contributed by atoms with van der Waals surface area (Å²) in [5, 5.41) is 14.2. The Morgan fingerprint density at radius 2 is 1.62 bits per heavy atom. The Kier molecular flexibility index (Phi) is 5.71. The highest BCUT2D eigenvalue weighted by Gasteiger charge is 2.43. The fourth-order valence-corrected chi connectivity index (χ4v) is 4.46. The van der Waals surface area contributed by atoms with E-state index < -0.39 is 23.9 Å². The SMILES string of the molecule is O=C(Nc1cccc(C(=O)NCC2CC2C(=O)O)n1)OCC1c2ccccc2-c2ccccc21. The van der Waals surface area contributed by atoms with E-state index >= 15 is 0 Å². The van der Waals surface area contributed by atoms with Crippen molar-refractivity contribution in [1.82, 2.24) is 10.3 Å². The molecule has 8 nitrogen and oxygen atoms in total. The van der Waals surface area contributed by atoms with Gasteiger partial charge in [-0.15, -0.1) is 0 Å². The van der Waals surface area contributed by atoms with Crippen LogP contribution in [0.4, 0.5) is 10.6 Å². The summed E-state index contributed by atoms with van der Waals surface area (Å²) < 4.78 is 5.52. The smallest absolute Gasteiger partial charge is 0.412 e. The molecule has 2 aromatic carbocycles. The maximum Gasteiger partial charge on any atom is 0.412 e. The number of amides is 2. The van der Waals surface area contributed by atoms with Crippen molar-refractivity contribution in [2.24, 2.45) is 11.8 Å². The standard InChI is InChI=1S/C26H23N3O5/c30-24(27-13-15-12-20(15)25(31)32)22-10-5-11-23(28-22)29-26(33)34-14-21-18-8-3-1-6-16(18)17-7-2-4-9-19(17)21/h1-11,15,20-21H,12-14H2,(H,27,30)(H,31,32)(H,28,29,33). The van der Waals surface area contributed by atoms with Gasteiger partial charge in [0.1, 0.15) is 18.1 Å². The first kappa shape index (κ1) is 21.6. The lowest BCUT2D eigenvalue weighted by atomic mass is 9.98. The molecule has 34 heavy (non-hydrogen) atoms. The molecule has 2 unspecified atom stereocenters. The van der Waals surface area contributed by atoms with Gasteiger partial charge in [-0.1, -0.05) is 54.6 Å². The zero-order valence-electron chi connectivity index (χ0n) is 18.2. The summed E-state index contributed by atoms with van der Waals surface area (Å²) in [7, 11) is 0. The number of benzene rings is 2. The lowest BCUT2D eigenvalue weighted by molar-refractivity contribution is -0.138. The van der Waals surface area contributed by atoms with E-state index in [1.165, 1.54) is 6.07 Å². The molecule has 1 heterocycles. The van der Waals surface area contributed by atoms with Crippen LogP contribution in [0, 0.1) is 11.8 Å². The molecule has 1 saturated carbocycles. The van der Waals surface area contributed by atoms with E-state index in [0.29, 0.717) is 6.42 Å². The molecular weight excluding hydrogens is 434 g/mol. The number of carbonyl (C=O) groups excluding carboxylic acids is 2. The summed E-state index contributed by atoms with van der Waals surface area (Å²) in [6, 6.07) is 20.9. The molecule has 0 bridgehead atoms. The Bertz CT molecular complexity index is 1230. The largest absolute Gasteiger partial charge is 0.481 e. The van der Waals surface area contributed by atoms with Gasteiger partial charge in [-0.05, 0) is 46.7 Å². The molecule has 2 atom stereocenters. The third-order valence-corrected chi connectivity index (χ3v) is 6.32. The Morgan fingerprint density at radius 1 is 0.941 bits per heavy atom. The molecule has 1 fully saturated rings. The van der Waals surface area contributed by atoms with Gasteiger partial charge < -0.3 is 15.2 Å². The second kappa shape index (κ2) is 8.97. The van der Waals surface area contributed by atoms with Crippen LogP contribution in [0.25, 0.3) is 11.1 Å². The second-order valence-electron chi connectivity index (χ2n) is 8.51. The number of ether oxygens (including phenoxy) is 1. The van der Waals surface area contributed by atoms with Gasteiger partial charge in [0.25, 0.3) is 5.91 Å². The summed E-state index contributed by atoms with van der Waals surface area (Å²) in [6.07, 6.45) is -0.0962. The predicted octanol–water partition coefficient (Wildman–Crippen LogP) is 3.89. The number of nitrogens with one attached hydrogen (secondary N) is 2. The Hall–Kier alpha value is -4.20. The van der Waals surface area contributed by atoms with Crippen molar-refractivity contribution < 1.29 is 24.2 Å². The van der Waals surface area contributed by atoms with E-state index in [1.807, 2.05) is 36.4 Å². The number of pyridine rings is 1. The van der Waals surface area contributed by atoms with Crippen LogP contribution in [0.3, 0.4) is 0 Å². The highest BCUT2D eigenvalue weighted by Crippen LogP contribution is 2.44. The van der Waals surface area contributed by atoms with Crippen LogP contribution in [0.1, 0.15) is 34.0 Å². The molecule has 172 valence electrons. The van der Waals surface area contributed by atoms with Gasteiger partial charge in [-0.25, -0.2) is 9.78 Å². The maximum absolute atomic E-state index is 12.5. The number of anilines is 1. The predicted molar refractivity (Wildman–Crippen MR) is 124 cm³/mol. The number of hydrogen-bond donors (Lipinski definition) is 3. The second-order valence-corrected chi connectivity index (χ2v) is 8.51. The van der Waals surface area contributed by atoms with Crippen LogP contribution in [0.2, 0.25) is 0 Å². The first-order valence-electron chi connectivity index (χ1n) is 11.1. The molecular formula is C26H23N3O5. The van der Waals surface area contributed by atoms with Crippen molar-refractivity contribution in [2.75, 3.05) is 18.5 Å². The maximum atomic E-state index is 12.5. The summed E-state index contributed by atoms with van der Waals surface area (Å²) in [5.74, 6) is -1.57. The minimum Gasteiger partial charge on any atom is -0.481 e. The van der Waals surface area contributed by atoms with E-state index in [2.05, 4.69) is 27.8 Å². The monoisotopic (exact) mass is 457 g/mol. The van der Waals surface area contributed by atoms with Gasteiger partial charge in [-0.3, -0.25) is 14.9 Å². The summed E-state index contributed by atoms with van der Waals surface area (Å²) >= 11 is 0. The Morgan fingerprint density at radius 3 is 2.26 bits per heavy atom. The number of rotatable bonds is 7. The van der Waals surface area contributed by atoms with Crippen molar-refractivity contribution in [1.29, 1.82) is 0 Å².